The van der Waals surface area contributed by atoms with Crippen LogP contribution in [0.4, 0.5) is 4.39 Å². The van der Waals surface area contributed by atoms with Gasteiger partial charge in [0.15, 0.2) is 0 Å². The van der Waals surface area contributed by atoms with Gasteiger partial charge in [-0.2, -0.15) is 0 Å². The minimum Gasteiger partial charge on any atom is -0.387 e. The Bertz CT molecular complexity index is 983. The molecule has 3 N–H and O–H groups in total. The van der Waals surface area contributed by atoms with Crippen molar-refractivity contribution in [3.8, 4) is 0 Å². The van der Waals surface area contributed by atoms with Crippen LogP contribution in [-0.4, -0.2) is 27.5 Å². The third kappa shape index (κ3) is 3.56. The van der Waals surface area contributed by atoms with Crippen LogP contribution in [0.1, 0.15) is 27.7 Å². The first kappa shape index (κ1) is 16.8. The van der Waals surface area contributed by atoms with Gasteiger partial charge in [-0.1, -0.05) is 12.1 Å². The molecular formula is C18H16FN3O3. The summed E-state index contributed by atoms with van der Waals surface area (Å²) < 4.78 is 12.9. The van der Waals surface area contributed by atoms with Gasteiger partial charge < -0.3 is 15.4 Å². The van der Waals surface area contributed by atoms with Crippen LogP contribution in [0.25, 0.3) is 11.0 Å². The van der Waals surface area contributed by atoms with Crippen LogP contribution >= 0.6 is 0 Å². The van der Waals surface area contributed by atoms with Crippen molar-refractivity contribution in [2.75, 3.05) is 6.54 Å². The first-order valence-corrected chi connectivity index (χ1v) is 7.66. The van der Waals surface area contributed by atoms with Gasteiger partial charge in [0.05, 0.1) is 11.5 Å². The molecule has 0 bridgehead atoms. The van der Waals surface area contributed by atoms with E-state index in [9.17, 15) is 19.1 Å². The molecule has 0 aliphatic rings. The molecule has 0 saturated carbocycles. The van der Waals surface area contributed by atoms with Crippen molar-refractivity contribution in [1.82, 2.24) is 15.3 Å². The fourth-order valence-electron chi connectivity index (χ4n) is 2.46. The van der Waals surface area contributed by atoms with Gasteiger partial charge in [-0.05, 0) is 36.8 Å². The summed E-state index contributed by atoms with van der Waals surface area (Å²) in [6, 6.07) is 8.62. The smallest absolute Gasteiger partial charge is 0.256 e. The summed E-state index contributed by atoms with van der Waals surface area (Å²) in [5.41, 5.74) is 1.13. The highest BCUT2D eigenvalue weighted by Crippen LogP contribution is 2.12. The molecular weight excluding hydrogens is 325 g/mol. The number of aryl methyl sites for hydroxylation is 1. The molecule has 128 valence electrons. The van der Waals surface area contributed by atoms with Crippen molar-refractivity contribution in [2.45, 2.75) is 13.0 Å². The molecule has 0 spiro atoms. The highest BCUT2D eigenvalue weighted by molar-refractivity contribution is 5.96. The summed E-state index contributed by atoms with van der Waals surface area (Å²) >= 11 is 0. The van der Waals surface area contributed by atoms with Gasteiger partial charge in [0.2, 0.25) is 5.43 Å². The van der Waals surface area contributed by atoms with Gasteiger partial charge in [0.25, 0.3) is 5.91 Å². The topological polar surface area (TPSA) is 95.1 Å². The Kier molecular flexibility index (Phi) is 4.58. The Morgan fingerprint density at radius 1 is 1.28 bits per heavy atom. The van der Waals surface area contributed by atoms with Crippen LogP contribution in [0.15, 0.2) is 47.4 Å². The molecule has 3 rings (SSSR count). The average molecular weight is 341 g/mol. The van der Waals surface area contributed by atoms with Gasteiger partial charge in [-0.3, -0.25) is 9.59 Å². The number of fused-ring (bicyclic) bond motifs is 1. The number of benzene rings is 1. The summed E-state index contributed by atoms with van der Waals surface area (Å²) in [5.74, 6) is -1.02. The molecule has 0 fully saturated rings. The minimum atomic E-state index is -1.01. The molecule has 2 heterocycles. The maximum atomic E-state index is 12.9. The predicted octanol–water partition coefficient (Wildman–Crippen LogP) is 1.83. The monoisotopic (exact) mass is 341 g/mol. The quantitative estimate of drug-likeness (QED) is 0.675. The number of halogens is 1. The molecule has 3 aromatic rings. The fraction of sp³-hybridized carbons (Fsp3) is 0.167. The fourth-order valence-corrected chi connectivity index (χ4v) is 2.46. The van der Waals surface area contributed by atoms with Crippen molar-refractivity contribution in [2.24, 2.45) is 0 Å². The van der Waals surface area contributed by atoms with Crippen LogP contribution in [0.2, 0.25) is 0 Å². The van der Waals surface area contributed by atoms with Crippen LogP contribution in [0.5, 0.6) is 0 Å². The molecule has 0 aliphatic carbocycles. The Labute approximate surface area is 142 Å². The van der Waals surface area contributed by atoms with E-state index >= 15 is 0 Å². The Morgan fingerprint density at radius 2 is 2.00 bits per heavy atom. The molecule has 1 amide bonds. The van der Waals surface area contributed by atoms with Crippen LogP contribution in [-0.2, 0) is 0 Å². The van der Waals surface area contributed by atoms with Crippen LogP contribution < -0.4 is 10.7 Å². The van der Waals surface area contributed by atoms with Gasteiger partial charge in [0, 0.05) is 18.4 Å². The second kappa shape index (κ2) is 6.82. The standard InChI is InChI=1S/C18H16FN3O3/c1-10-2-7-13-16(24)14(8-20-17(13)22-10)18(25)21-9-15(23)11-3-5-12(19)6-4-11/h2-8,15,23H,9H2,1H3,(H,21,25)(H,20,22,24). The molecule has 6 nitrogen and oxygen atoms in total. The van der Waals surface area contributed by atoms with E-state index in [4.69, 9.17) is 0 Å². The van der Waals surface area contributed by atoms with Crippen molar-refractivity contribution < 1.29 is 14.3 Å². The summed E-state index contributed by atoms with van der Waals surface area (Å²) in [7, 11) is 0. The number of pyridine rings is 2. The Morgan fingerprint density at radius 3 is 2.72 bits per heavy atom. The second-order valence-corrected chi connectivity index (χ2v) is 5.66. The summed E-state index contributed by atoms with van der Waals surface area (Å²) in [5, 5.41) is 12.9. The van der Waals surface area contributed by atoms with Gasteiger partial charge >= 0.3 is 0 Å². The lowest BCUT2D eigenvalue weighted by Gasteiger charge is -2.12. The van der Waals surface area contributed by atoms with Crippen LogP contribution in [0.3, 0.4) is 0 Å². The zero-order chi connectivity index (χ0) is 18.0. The van der Waals surface area contributed by atoms with E-state index in [-0.39, 0.29) is 12.1 Å². The zero-order valence-electron chi connectivity index (χ0n) is 13.4. The lowest BCUT2D eigenvalue weighted by molar-refractivity contribution is 0.0915. The molecule has 1 atom stereocenters. The third-order valence-electron chi connectivity index (χ3n) is 3.83. The first-order valence-electron chi connectivity index (χ1n) is 7.66. The first-order chi connectivity index (χ1) is 12.0. The molecule has 1 aromatic carbocycles. The largest absolute Gasteiger partial charge is 0.387 e. The maximum Gasteiger partial charge on any atom is 0.256 e. The van der Waals surface area contributed by atoms with E-state index in [2.05, 4.69) is 15.3 Å². The summed E-state index contributed by atoms with van der Waals surface area (Å²) in [4.78, 5) is 31.7. The summed E-state index contributed by atoms with van der Waals surface area (Å²) in [6.45, 7) is 1.70. The van der Waals surface area contributed by atoms with E-state index in [1.807, 2.05) is 0 Å². The number of aromatic amines is 1. The number of amides is 1. The molecule has 25 heavy (non-hydrogen) atoms. The average Bonchev–Trinajstić information content (AvgIpc) is 2.60. The second-order valence-electron chi connectivity index (χ2n) is 5.66. The normalized spacial score (nSPS) is 12.1. The number of nitrogens with zero attached hydrogens (tertiary/aromatic N) is 1. The zero-order valence-corrected chi connectivity index (χ0v) is 13.4. The van der Waals surface area contributed by atoms with Gasteiger partial charge in [-0.25, -0.2) is 9.37 Å². The van der Waals surface area contributed by atoms with Gasteiger partial charge in [-0.15, -0.1) is 0 Å². The van der Waals surface area contributed by atoms with E-state index in [1.54, 1.807) is 19.1 Å². The number of rotatable bonds is 4. The van der Waals surface area contributed by atoms with Crippen molar-refractivity contribution >= 4 is 16.9 Å². The molecule has 7 heteroatoms. The number of aromatic nitrogens is 2. The lowest BCUT2D eigenvalue weighted by atomic mass is 10.1. The number of hydrogen-bond acceptors (Lipinski definition) is 4. The third-order valence-corrected chi connectivity index (χ3v) is 3.83. The van der Waals surface area contributed by atoms with E-state index in [1.165, 1.54) is 30.5 Å². The molecule has 0 aliphatic heterocycles. The highest BCUT2D eigenvalue weighted by atomic mass is 19.1. The van der Waals surface area contributed by atoms with Crippen molar-refractivity contribution in [1.29, 1.82) is 0 Å². The number of carbonyl (C=O) groups is 1. The SMILES string of the molecule is Cc1ccc2c(=O)c(C(=O)NCC(O)c3ccc(F)cc3)c[nH]c2n1. The van der Waals surface area contributed by atoms with Crippen molar-refractivity contribution in [3.05, 3.63) is 75.5 Å². The maximum absolute atomic E-state index is 12.9. The number of nitrogens with one attached hydrogen (secondary N) is 2. The number of carbonyl (C=O) groups excluding carboxylic acids is 1. The number of H-pyrrole nitrogens is 1. The van der Waals surface area contributed by atoms with E-state index in [0.717, 1.165) is 5.69 Å². The summed E-state index contributed by atoms with van der Waals surface area (Å²) in [6.07, 6.45) is 0.296. The molecule has 2 aromatic heterocycles. The number of aliphatic hydroxyl groups is 1. The number of hydrogen-bond donors (Lipinski definition) is 3. The predicted molar refractivity (Wildman–Crippen MR) is 90.8 cm³/mol. The van der Waals surface area contributed by atoms with E-state index < -0.39 is 23.3 Å². The molecule has 0 radical (unpaired) electrons. The minimum absolute atomic E-state index is 0.0653. The molecule has 0 saturated heterocycles. The Balaban J connectivity index is 1.76. The van der Waals surface area contributed by atoms with Crippen LogP contribution in [0, 0.1) is 12.7 Å². The van der Waals surface area contributed by atoms with Gasteiger partial charge in [0.1, 0.15) is 17.0 Å². The Hall–Kier alpha value is -3.06. The lowest BCUT2D eigenvalue weighted by Crippen LogP contribution is -2.32. The molecule has 1 unspecified atom stereocenters. The van der Waals surface area contributed by atoms with Crippen molar-refractivity contribution in [3.63, 3.8) is 0 Å². The van der Waals surface area contributed by atoms with E-state index in [0.29, 0.717) is 16.6 Å². The number of aliphatic hydroxyl groups excluding tert-OH is 1. The highest BCUT2D eigenvalue weighted by Gasteiger charge is 2.15.